The van der Waals surface area contributed by atoms with E-state index in [1.807, 2.05) is 0 Å². The van der Waals surface area contributed by atoms with Crippen LogP contribution in [0.4, 0.5) is 5.13 Å². The summed E-state index contributed by atoms with van der Waals surface area (Å²) in [5.41, 5.74) is 5.66. The monoisotopic (exact) mass is 255 g/mol. The van der Waals surface area contributed by atoms with Crippen molar-refractivity contribution in [2.45, 2.75) is 39.0 Å². The first-order valence-electron chi connectivity index (χ1n) is 5.64. The van der Waals surface area contributed by atoms with Gasteiger partial charge in [-0.3, -0.25) is 9.59 Å². The van der Waals surface area contributed by atoms with Crippen molar-refractivity contribution < 1.29 is 9.59 Å². The van der Waals surface area contributed by atoms with Crippen molar-refractivity contribution in [1.82, 2.24) is 4.98 Å². The van der Waals surface area contributed by atoms with Crippen LogP contribution in [0, 0.1) is 0 Å². The zero-order valence-corrected chi connectivity index (χ0v) is 10.7. The van der Waals surface area contributed by atoms with E-state index in [1.165, 1.54) is 11.3 Å². The molecule has 0 fully saturated rings. The van der Waals surface area contributed by atoms with Crippen LogP contribution in [0.1, 0.15) is 38.3 Å². The Kier molecular flexibility index (Phi) is 5.62. The van der Waals surface area contributed by atoms with Crippen molar-refractivity contribution >= 4 is 28.3 Å². The molecule has 0 bridgehead atoms. The average Bonchev–Trinajstić information content (AvgIpc) is 2.64. The fourth-order valence-electron chi connectivity index (χ4n) is 1.34. The predicted molar refractivity (Wildman–Crippen MR) is 67.8 cm³/mol. The number of nitrogens with zero attached hydrogens (tertiary/aromatic N) is 1. The molecule has 1 heterocycles. The van der Waals surface area contributed by atoms with Crippen LogP contribution in [0.3, 0.4) is 0 Å². The number of hydrogen-bond donors (Lipinski definition) is 2. The Hall–Kier alpha value is -1.43. The van der Waals surface area contributed by atoms with E-state index >= 15 is 0 Å². The molecule has 0 saturated heterocycles. The Balaban J connectivity index is 2.38. The van der Waals surface area contributed by atoms with Crippen LogP contribution in [0.5, 0.6) is 0 Å². The van der Waals surface area contributed by atoms with Crippen LogP contribution in [-0.2, 0) is 16.0 Å². The summed E-state index contributed by atoms with van der Waals surface area (Å²) in [5, 5.41) is 4.97. The third-order valence-corrected chi connectivity index (χ3v) is 2.97. The van der Waals surface area contributed by atoms with Gasteiger partial charge in [0.2, 0.25) is 11.8 Å². The number of rotatable bonds is 7. The molecule has 0 aliphatic heterocycles. The summed E-state index contributed by atoms with van der Waals surface area (Å²) in [4.78, 5) is 26.3. The summed E-state index contributed by atoms with van der Waals surface area (Å²) in [6.07, 6.45) is 3.66. The van der Waals surface area contributed by atoms with Gasteiger partial charge in [0.25, 0.3) is 0 Å². The van der Waals surface area contributed by atoms with Crippen molar-refractivity contribution in [2.75, 3.05) is 5.32 Å². The van der Waals surface area contributed by atoms with Crippen LogP contribution < -0.4 is 11.1 Å². The molecule has 0 aliphatic carbocycles. The number of nitrogens with two attached hydrogens (primary N) is 1. The lowest BCUT2D eigenvalue weighted by Crippen LogP contribution is -2.14. The highest BCUT2D eigenvalue weighted by Gasteiger charge is 2.07. The van der Waals surface area contributed by atoms with Crippen LogP contribution in [0.2, 0.25) is 0 Å². The summed E-state index contributed by atoms with van der Waals surface area (Å²) in [6, 6.07) is 0. The number of unbranched alkanes of at least 4 members (excludes halogenated alkanes) is 2. The molecule has 94 valence electrons. The van der Waals surface area contributed by atoms with Gasteiger partial charge < -0.3 is 11.1 Å². The molecule has 6 heteroatoms. The van der Waals surface area contributed by atoms with Crippen LogP contribution in [0.15, 0.2) is 5.38 Å². The fraction of sp³-hybridized carbons (Fsp3) is 0.545. The fourth-order valence-corrected chi connectivity index (χ4v) is 2.07. The second-order valence-corrected chi connectivity index (χ2v) is 4.65. The largest absolute Gasteiger partial charge is 0.369 e. The van der Waals surface area contributed by atoms with Crippen LogP contribution in [0.25, 0.3) is 0 Å². The van der Waals surface area contributed by atoms with Crippen molar-refractivity contribution in [3.8, 4) is 0 Å². The molecular weight excluding hydrogens is 238 g/mol. The third-order valence-electron chi connectivity index (χ3n) is 2.16. The van der Waals surface area contributed by atoms with E-state index in [9.17, 15) is 9.59 Å². The number of hydrogen-bond acceptors (Lipinski definition) is 4. The number of aromatic nitrogens is 1. The van der Waals surface area contributed by atoms with Crippen LogP contribution >= 0.6 is 11.3 Å². The van der Waals surface area contributed by atoms with Crippen molar-refractivity contribution in [2.24, 2.45) is 5.73 Å². The van der Waals surface area contributed by atoms with Gasteiger partial charge in [-0.15, -0.1) is 11.3 Å². The summed E-state index contributed by atoms with van der Waals surface area (Å²) < 4.78 is 0. The van der Waals surface area contributed by atoms with E-state index in [2.05, 4.69) is 17.2 Å². The molecule has 0 spiro atoms. The van der Waals surface area contributed by atoms with E-state index in [0.717, 1.165) is 19.3 Å². The smallest absolute Gasteiger partial charge is 0.226 e. The van der Waals surface area contributed by atoms with Crippen molar-refractivity contribution in [3.63, 3.8) is 0 Å². The van der Waals surface area contributed by atoms with Gasteiger partial charge in [0.05, 0.1) is 12.1 Å². The quantitative estimate of drug-likeness (QED) is 0.727. The summed E-state index contributed by atoms with van der Waals surface area (Å²) in [6.45, 7) is 2.09. The zero-order valence-electron chi connectivity index (χ0n) is 9.86. The predicted octanol–water partition coefficient (Wildman–Crippen LogP) is 1.69. The minimum absolute atomic E-state index is 0.0292. The van der Waals surface area contributed by atoms with Crippen molar-refractivity contribution in [1.29, 1.82) is 0 Å². The summed E-state index contributed by atoms with van der Waals surface area (Å²) in [5.74, 6) is -0.449. The molecular formula is C11H17N3O2S. The summed E-state index contributed by atoms with van der Waals surface area (Å²) >= 11 is 1.31. The van der Waals surface area contributed by atoms with E-state index in [0.29, 0.717) is 17.2 Å². The standard InChI is InChI=1S/C11H17N3O2S/c1-2-3-4-5-10(16)14-11-13-8(7-17-11)6-9(12)15/h7H,2-6H2,1H3,(H2,12,15)(H,13,14,16). The molecule has 1 aromatic rings. The van der Waals surface area contributed by atoms with E-state index < -0.39 is 5.91 Å². The number of thiazole rings is 1. The highest BCUT2D eigenvalue weighted by molar-refractivity contribution is 7.13. The van der Waals surface area contributed by atoms with Crippen molar-refractivity contribution in [3.05, 3.63) is 11.1 Å². The molecule has 5 nitrogen and oxygen atoms in total. The van der Waals surface area contributed by atoms with Gasteiger partial charge in [-0.25, -0.2) is 4.98 Å². The van der Waals surface area contributed by atoms with Gasteiger partial charge in [-0.05, 0) is 6.42 Å². The first-order chi connectivity index (χ1) is 8.11. The lowest BCUT2D eigenvalue weighted by atomic mass is 10.2. The van der Waals surface area contributed by atoms with Gasteiger partial charge >= 0.3 is 0 Å². The first kappa shape index (κ1) is 13.6. The minimum Gasteiger partial charge on any atom is -0.369 e. The van der Waals surface area contributed by atoms with E-state index in [1.54, 1.807) is 5.38 Å². The molecule has 0 atom stereocenters. The topological polar surface area (TPSA) is 85.1 Å². The summed E-state index contributed by atoms with van der Waals surface area (Å²) in [7, 11) is 0. The lowest BCUT2D eigenvalue weighted by molar-refractivity contribution is -0.117. The van der Waals surface area contributed by atoms with Crippen LogP contribution in [-0.4, -0.2) is 16.8 Å². The average molecular weight is 255 g/mol. The maximum atomic E-state index is 11.5. The number of carbonyl (C=O) groups is 2. The Bertz CT molecular complexity index is 390. The van der Waals surface area contributed by atoms with Gasteiger partial charge in [0.1, 0.15) is 0 Å². The number of primary amides is 1. The molecule has 2 amide bonds. The molecule has 1 aromatic heterocycles. The van der Waals surface area contributed by atoms with E-state index in [4.69, 9.17) is 5.73 Å². The maximum absolute atomic E-state index is 11.5. The maximum Gasteiger partial charge on any atom is 0.226 e. The molecule has 3 N–H and O–H groups in total. The first-order valence-corrected chi connectivity index (χ1v) is 6.52. The van der Waals surface area contributed by atoms with Gasteiger partial charge in [-0.2, -0.15) is 0 Å². The molecule has 1 rings (SSSR count). The Morgan fingerprint density at radius 1 is 1.47 bits per heavy atom. The van der Waals surface area contributed by atoms with Gasteiger partial charge in [0, 0.05) is 11.8 Å². The van der Waals surface area contributed by atoms with Gasteiger partial charge in [-0.1, -0.05) is 19.8 Å². The molecule has 0 saturated carbocycles. The minimum atomic E-state index is -0.420. The number of carbonyl (C=O) groups excluding carboxylic acids is 2. The second-order valence-electron chi connectivity index (χ2n) is 3.79. The molecule has 0 unspecified atom stereocenters. The van der Waals surface area contributed by atoms with Gasteiger partial charge in [0.15, 0.2) is 5.13 Å². The highest BCUT2D eigenvalue weighted by atomic mass is 32.1. The molecule has 0 aliphatic rings. The Labute approximate surface area is 104 Å². The Morgan fingerprint density at radius 3 is 2.88 bits per heavy atom. The normalized spacial score (nSPS) is 10.2. The molecule has 0 aromatic carbocycles. The zero-order chi connectivity index (χ0) is 12.7. The highest BCUT2D eigenvalue weighted by Crippen LogP contribution is 2.16. The molecule has 17 heavy (non-hydrogen) atoms. The second kappa shape index (κ2) is 7.01. The lowest BCUT2D eigenvalue weighted by Gasteiger charge is -2.00. The number of anilines is 1. The number of amides is 2. The van der Waals surface area contributed by atoms with E-state index in [-0.39, 0.29) is 12.3 Å². The third kappa shape index (κ3) is 5.44. The Morgan fingerprint density at radius 2 is 2.24 bits per heavy atom. The SMILES string of the molecule is CCCCCC(=O)Nc1nc(CC(N)=O)cs1. The number of nitrogens with one attached hydrogen (secondary N) is 1. The molecule has 0 radical (unpaired) electrons.